The van der Waals surface area contributed by atoms with Crippen LogP contribution in [0.5, 0.6) is 5.75 Å². The summed E-state index contributed by atoms with van der Waals surface area (Å²) in [5.74, 6) is 2.93. The highest BCUT2D eigenvalue weighted by molar-refractivity contribution is 5.44. The van der Waals surface area contributed by atoms with Crippen LogP contribution < -0.4 is 10.1 Å². The van der Waals surface area contributed by atoms with E-state index >= 15 is 0 Å². The number of nitrogens with one attached hydrogen (secondary N) is 1. The van der Waals surface area contributed by atoms with Gasteiger partial charge in [0.1, 0.15) is 17.3 Å². The number of ether oxygens (including phenoxy) is 1. The van der Waals surface area contributed by atoms with Crippen LogP contribution in [0, 0.1) is 13.8 Å². The number of hydrogen-bond donors (Lipinski definition) is 1. The third kappa shape index (κ3) is 3.30. The van der Waals surface area contributed by atoms with Gasteiger partial charge in [0, 0.05) is 6.42 Å². The summed E-state index contributed by atoms with van der Waals surface area (Å²) >= 11 is 0. The van der Waals surface area contributed by atoms with Crippen LogP contribution in [0.15, 0.2) is 28.7 Å². The van der Waals surface area contributed by atoms with Crippen molar-refractivity contribution in [2.75, 3.05) is 13.7 Å². The maximum absolute atomic E-state index is 5.96. The van der Waals surface area contributed by atoms with Crippen LogP contribution in [0.1, 0.15) is 48.1 Å². The van der Waals surface area contributed by atoms with Gasteiger partial charge in [0.15, 0.2) is 0 Å². The maximum Gasteiger partial charge on any atom is 0.125 e. The van der Waals surface area contributed by atoms with E-state index in [4.69, 9.17) is 9.15 Å². The molecule has 0 aliphatic carbocycles. The Bertz CT molecular complexity index is 601. The zero-order valence-corrected chi connectivity index (χ0v) is 13.6. The molecule has 1 heterocycles. The van der Waals surface area contributed by atoms with Crippen LogP contribution in [0.4, 0.5) is 0 Å². The number of aryl methyl sites for hydroxylation is 3. The number of rotatable bonds is 6. The Kier molecular flexibility index (Phi) is 5.07. The lowest BCUT2D eigenvalue weighted by Crippen LogP contribution is -2.22. The van der Waals surface area contributed by atoms with Gasteiger partial charge >= 0.3 is 0 Å². The molecule has 0 bridgehead atoms. The molecule has 0 fully saturated rings. The van der Waals surface area contributed by atoms with E-state index in [9.17, 15) is 0 Å². The van der Waals surface area contributed by atoms with Crippen molar-refractivity contribution in [2.45, 2.75) is 40.2 Å². The molecule has 1 aromatic heterocycles. The Balaban J connectivity index is 2.44. The summed E-state index contributed by atoms with van der Waals surface area (Å²) in [7, 11) is 1.71. The second kappa shape index (κ2) is 6.81. The third-order valence-electron chi connectivity index (χ3n) is 3.82. The Labute approximate surface area is 127 Å². The van der Waals surface area contributed by atoms with Crippen LogP contribution in [-0.4, -0.2) is 13.7 Å². The number of benzene rings is 1. The lowest BCUT2D eigenvalue weighted by molar-refractivity contribution is 0.408. The molecule has 0 saturated heterocycles. The first kappa shape index (κ1) is 15.6. The predicted molar refractivity (Wildman–Crippen MR) is 86.1 cm³/mol. The van der Waals surface area contributed by atoms with E-state index in [0.717, 1.165) is 35.8 Å². The van der Waals surface area contributed by atoms with Gasteiger partial charge in [-0.2, -0.15) is 0 Å². The van der Waals surface area contributed by atoms with E-state index in [2.05, 4.69) is 57.3 Å². The van der Waals surface area contributed by atoms with Gasteiger partial charge in [-0.05, 0) is 55.3 Å². The van der Waals surface area contributed by atoms with E-state index < -0.39 is 0 Å². The van der Waals surface area contributed by atoms with E-state index in [1.807, 2.05) is 0 Å². The van der Waals surface area contributed by atoms with Gasteiger partial charge in [0.25, 0.3) is 0 Å². The van der Waals surface area contributed by atoms with Crippen molar-refractivity contribution in [1.29, 1.82) is 0 Å². The highest BCUT2D eigenvalue weighted by Crippen LogP contribution is 2.31. The molecule has 0 amide bonds. The monoisotopic (exact) mass is 287 g/mol. The summed E-state index contributed by atoms with van der Waals surface area (Å²) in [5.41, 5.74) is 3.59. The molecule has 114 valence electrons. The normalized spacial score (nSPS) is 12.4. The molecule has 1 N–H and O–H groups in total. The standard InChI is InChI=1S/C18H25NO2/c1-6-14-8-9-16(21-14)18(19-7-2)15-10-13(4)17(20-5)11-12(15)3/h8-11,18-19H,6-7H2,1-5H3. The zero-order valence-electron chi connectivity index (χ0n) is 13.6. The molecule has 0 aliphatic rings. The minimum absolute atomic E-state index is 0.0832. The van der Waals surface area contributed by atoms with Crippen molar-refractivity contribution in [1.82, 2.24) is 5.32 Å². The highest BCUT2D eigenvalue weighted by atomic mass is 16.5. The zero-order chi connectivity index (χ0) is 15.4. The lowest BCUT2D eigenvalue weighted by Gasteiger charge is -2.20. The van der Waals surface area contributed by atoms with Crippen molar-refractivity contribution in [3.63, 3.8) is 0 Å². The molecule has 0 aliphatic heterocycles. The largest absolute Gasteiger partial charge is 0.496 e. The van der Waals surface area contributed by atoms with Gasteiger partial charge in [0.2, 0.25) is 0 Å². The van der Waals surface area contributed by atoms with Crippen molar-refractivity contribution in [3.05, 3.63) is 52.5 Å². The molecule has 21 heavy (non-hydrogen) atoms. The van der Waals surface area contributed by atoms with Crippen molar-refractivity contribution in [2.24, 2.45) is 0 Å². The summed E-state index contributed by atoms with van der Waals surface area (Å²) in [6.45, 7) is 9.29. The minimum atomic E-state index is 0.0832. The summed E-state index contributed by atoms with van der Waals surface area (Å²) < 4.78 is 11.4. The Morgan fingerprint density at radius 3 is 2.48 bits per heavy atom. The molecule has 3 nitrogen and oxygen atoms in total. The van der Waals surface area contributed by atoms with Crippen molar-refractivity contribution < 1.29 is 9.15 Å². The smallest absolute Gasteiger partial charge is 0.125 e. The number of hydrogen-bond acceptors (Lipinski definition) is 3. The van der Waals surface area contributed by atoms with Gasteiger partial charge in [0.05, 0.1) is 13.2 Å². The second-order valence-corrected chi connectivity index (χ2v) is 5.33. The molecule has 2 aromatic rings. The van der Waals surface area contributed by atoms with Crippen LogP contribution in [-0.2, 0) is 6.42 Å². The topological polar surface area (TPSA) is 34.4 Å². The molecule has 3 heteroatoms. The van der Waals surface area contributed by atoms with Gasteiger partial charge in [-0.15, -0.1) is 0 Å². The average molecular weight is 287 g/mol. The summed E-state index contributed by atoms with van der Waals surface area (Å²) in [6, 6.07) is 8.50. The molecular formula is C18H25NO2. The Morgan fingerprint density at radius 1 is 1.14 bits per heavy atom. The Morgan fingerprint density at radius 2 is 1.90 bits per heavy atom. The van der Waals surface area contributed by atoms with Gasteiger partial charge in [-0.3, -0.25) is 0 Å². The van der Waals surface area contributed by atoms with E-state index in [-0.39, 0.29) is 6.04 Å². The predicted octanol–water partition coefficient (Wildman–Crippen LogP) is 4.17. The van der Waals surface area contributed by atoms with Gasteiger partial charge in [-0.25, -0.2) is 0 Å². The molecule has 1 unspecified atom stereocenters. The van der Waals surface area contributed by atoms with Crippen molar-refractivity contribution >= 4 is 0 Å². The highest BCUT2D eigenvalue weighted by Gasteiger charge is 2.20. The number of furan rings is 1. The van der Waals surface area contributed by atoms with E-state index in [0.29, 0.717) is 0 Å². The SMILES string of the molecule is CCNC(c1ccc(CC)o1)c1cc(C)c(OC)cc1C. The summed E-state index contributed by atoms with van der Waals surface area (Å²) in [4.78, 5) is 0. The summed E-state index contributed by atoms with van der Waals surface area (Å²) in [6.07, 6.45) is 0.916. The molecule has 0 spiro atoms. The molecule has 1 atom stereocenters. The first-order valence-electron chi connectivity index (χ1n) is 7.57. The molecule has 2 rings (SSSR count). The third-order valence-corrected chi connectivity index (χ3v) is 3.82. The molecule has 0 radical (unpaired) electrons. The fourth-order valence-corrected chi connectivity index (χ4v) is 2.65. The van der Waals surface area contributed by atoms with E-state index in [1.54, 1.807) is 7.11 Å². The van der Waals surface area contributed by atoms with Crippen molar-refractivity contribution in [3.8, 4) is 5.75 Å². The molecule has 0 saturated carbocycles. The summed E-state index contributed by atoms with van der Waals surface area (Å²) in [5, 5.41) is 3.52. The first-order chi connectivity index (χ1) is 10.1. The fourth-order valence-electron chi connectivity index (χ4n) is 2.65. The van der Waals surface area contributed by atoms with Crippen LogP contribution in [0.2, 0.25) is 0 Å². The Hall–Kier alpha value is -1.74. The number of methoxy groups -OCH3 is 1. The first-order valence-corrected chi connectivity index (χ1v) is 7.57. The second-order valence-electron chi connectivity index (χ2n) is 5.33. The quantitative estimate of drug-likeness (QED) is 0.866. The van der Waals surface area contributed by atoms with Crippen LogP contribution in [0.25, 0.3) is 0 Å². The van der Waals surface area contributed by atoms with E-state index in [1.165, 1.54) is 11.1 Å². The average Bonchev–Trinajstić information content (AvgIpc) is 2.95. The fraction of sp³-hybridized carbons (Fsp3) is 0.444. The minimum Gasteiger partial charge on any atom is -0.496 e. The van der Waals surface area contributed by atoms with Gasteiger partial charge < -0.3 is 14.5 Å². The van der Waals surface area contributed by atoms with Gasteiger partial charge in [-0.1, -0.05) is 19.9 Å². The molecule has 1 aromatic carbocycles. The maximum atomic E-state index is 5.96. The lowest BCUT2D eigenvalue weighted by atomic mass is 9.96. The van der Waals surface area contributed by atoms with Crippen LogP contribution in [0.3, 0.4) is 0 Å². The molecular weight excluding hydrogens is 262 g/mol. The van der Waals surface area contributed by atoms with Crippen LogP contribution >= 0.6 is 0 Å².